The van der Waals surface area contributed by atoms with Gasteiger partial charge in [0.1, 0.15) is 11.5 Å². The Morgan fingerprint density at radius 3 is 2.62 bits per heavy atom. The van der Waals surface area contributed by atoms with E-state index in [2.05, 4.69) is 14.9 Å². The highest BCUT2D eigenvalue weighted by Gasteiger charge is 2.26. The van der Waals surface area contributed by atoms with E-state index in [1.54, 1.807) is 30.3 Å². The van der Waals surface area contributed by atoms with Gasteiger partial charge in [0.25, 0.3) is 5.56 Å². The smallest absolute Gasteiger partial charge is 0.333 e. The molecule has 2 aromatic carbocycles. The van der Waals surface area contributed by atoms with Crippen LogP contribution in [0.15, 0.2) is 74.0 Å². The van der Waals surface area contributed by atoms with Crippen LogP contribution in [0.25, 0.3) is 28.1 Å². The molecule has 1 aliphatic carbocycles. The summed E-state index contributed by atoms with van der Waals surface area (Å²) < 4.78 is 51.3. The first kappa shape index (κ1) is 24.3. The Morgan fingerprint density at radius 2 is 1.95 bits per heavy atom. The Morgan fingerprint density at radius 1 is 1.14 bits per heavy atom. The predicted octanol–water partition coefficient (Wildman–Crippen LogP) is 2.80. The SMILES string of the molecule is COc1c(-c2ccco2)cc(-n2ccc(=O)[nH]c2=O)c(F)c1-c1ccc2c(c1)CC/C2=N\NS(C)(=O)=O. The minimum Gasteiger partial charge on any atom is -0.495 e. The Labute approximate surface area is 210 Å². The van der Waals surface area contributed by atoms with E-state index in [1.807, 2.05) is 0 Å². The summed E-state index contributed by atoms with van der Waals surface area (Å²) in [7, 11) is -2.10. The summed E-state index contributed by atoms with van der Waals surface area (Å²) in [6.45, 7) is 0. The molecule has 0 saturated carbocycles. The number of methoxy groups -OCH3 is 1. The zero-order chi connectivity index (χ0) is 26.3. The average molecular weight is 525 g/mol. The largest absolute Gasteiger partial charge is 0.495 e. The van der Waals surface area contributed by atoms with Gasteiger partial charge in [0, 0.05) is 17.8 Å². The summed E-state index contributed by atoms with van der Waals surface area (Å²) in [6.07, 6.45) is 4.75. The molecule has 10 nitrogen and oxygen atoms in total. The third-order valence-electron chi connectivity index (χ3n) is 5.95. The maximum absolute atomic E-state index is 16.2. The molecule has 0 aliphatic heterocycles. The van der Waals surface area contributed by atoms with Gasteiger partial charge in [-0.1, -0.05) is 18.2 Å². The zero-order valence-electron chi connectivity index (χ0n) is 19.7. The van der Waals surface area contributed by atoms with Gasteiger partial charge in [0.2, 0.25) is 10.0 Å². The van der Waals surface area contributed by atoms with Crippen molar-refractivity contribution >= 4 is 15.7 Å². The molecule has 0 unspecified atom stereocenters. The van der Waals surface area contributed by atoms with Crippen LogP contribution in [0.2, 0.25) is 0 Å². The van der Waals surface area contributed by atoms with Crippen LogP contribution < -0.4 is 20.8 Å². The molecule has 0 fully saturated rings. The molecule has 2 N–H and O–H groups in total. The van der Waals surface area contributed by atoms with Crippen LogP contribution in [0.5, 0.6) is 5.75 Å². The molecule has 0 amide bonds. The lowest BCUT2D eigenvalue weighted by Crippen LogP contribution is -2.28. The summed E-state index contributed by atoms with van der Waals surface area (Å²) in [5.74, 6) is -0.162. The van der Waals surface area contributed by atoms with E-state index in [1.165, 1.54) is 25.6 Å². The van der Waals surface area contributed by atoms with Gasteiger partial charge in [0.15, 0.2) is 5.82 Å². The normalized spacial score (nSPS) is 14.1. The third kappa shape index (κ3) is 4.58. The molecule has 0 saturated heterocycles. The molecule has 12 heteroatoms. The number of ether oxygens (including phenoxy) is 1. The first-order valence-corrected chi connectivity index (χ1v) is 13.0. The van der Waals surface area contributed by atoms with Gasteiger partial charge in [-0.05, 0) is 42.2 Å². The van der Waals surface area contributed by atoms with Crippen LogP contribution in [0.3, 0.4) is 0 Å². The van der Waals surface area contributed by atoms with Gasteiger partial charge in [-0.15, -0.1) is 0 Å². The Bertz CT molecular complexity index is 1770. The van der Waals surface area contributed by atoms with Gasteiger partial charge in [-0.25, -0.2) is 22.4 Å². The van der Waals surface area contributed by atoms with E-state index in [0.717, 1.165) is 28.0 Å². The summed E-state index contributed by atoms with van der Waals surface area (Å²) in [5, 5.41) is 4.01. The van der Waals surface area contributed by atoms with Crippen LogP contribution in [0.4, 0.5) is 4.39 Å². The quantitative estimate of drug-likeness (QED) is 0.373. The molecule has 0 radical (unpaired) electrons. The van der Waals surface area contributed by atoms with Crippen molar-refractivity contribution < 1.29 is 22.0 Å². The lowest BCUT2D eigenvalue weighted by atomic mass is 9.95. The minimum absolute atomic E-state index is 0.0898. The molecular weight excluding hydrogens is 503 g/mol. The van der Waals surface area contributed by atoms with Crippen molar-refractivity contribution in [3.63, 3.8) is 0 Å². The minimum atomic E-state index is -3.51. The predicted molar refractivity (Wildman–Crippen MR) is 135 cm³/mol. The maximum atomic E-state index is 16.2. The molecule has 37 heavy (non-hydrogen) atoms. The van der Waals surface area contributed by atoms with Crippen LogP contribution in [-0.2, 0) is 16.4 Å². The Hall–Kier alpha value is -4.45. The van der Waals surface area contributed by atoms with Crippen LogP contribution >= 0.6 is 0 Å². The zero-order valence-corrected chi connectivity index (χ0v) is 20.6. The standard InChI is InChI=1S/C25H21FN4O6S/c1-35-24-17(20-4-3-11-36-20)13-19(30-10-9-21(31)27-25(30)32)23(26)22(24)15-5-7-16-14(12-15)6-8-18(16)28-29-37(2,33)34/h3-5,7,9-13,29H,6,8H2,1-2H3,(H,27,31,32)/b28-18+. The molecule has 2 heterocycles. The molecule has 190 valence electrons. The second kappa shape index (κ2) is 9.21. The van der Waals surface area contributed by atoms with Crippen molar-refractivity contribution in [1.82, 2.24) is 14.4 Å². The topological polar surface area (TPSA) is 136 Å². The van der Waals surface area contributed by atoms with Crippen molar-refractivity contribution in [2.24, 2.45) is 5.10 Å². The monoisotopic (exact) mass is 524 g/mol. The first-order valence-electron chi connectivity index (χ1n) is 11.1. The second-order valence-electron chi connectivity index (χ2n) is 8.42. The number of hydrogen-bond donors (Lipinski definition) is 2. The number of nitrogens with one attached hydrogen (secondary N) is 2. The van der Waals surface area contributed by atoms with E-state index in [9.17, 15) is 18.0 Å². The van der Waals surface area contributed by atoms with Gasteiger partial charge in [-0.2, -0.15) is 5.10 Å². The van der Waals surface area contributed by atoms with E-state index in [4.69, 9.17) is 9.15 Å². The number of H-pyrrole nitrogens is 1. The first-order chi connectivity index (χ1) is 17.7. The number of rotatable bonds is 6. The number of hydrazone groups is 1. The molecule has 0 bridgehead atoms. The van der Waals surface area contributed by atoms with E-state index in [0.29, 0.717) is 35.4 Å². The Balaban J connectivity index is 1.73. The van der Waals surface area contributed by atoms with E-state index in [-0.39, 0.29) is 17.0 Å². The Kier molecular flexibility index (Phi) is 6.04. The molecule has 0 spiro atoms. The van der Waals surface area contributed by atoms with Gasteiger partial charge < -0.3 is 9.15 Å². The highest BCUT2D eigenvalue weighted by atomic mass is 32.2. The number of aromatic nitrogens is 2. The highest BCUT2D eigenvalue weighted by Crippen LogP contribution is 2.44. The molecule has 1 aliphatic rings. The summed E-state index contributed by atoms with van der Waals surface area (Å²) >= 11 is 0. The summed E-state index contributed by atoms with van der Waals surface area (Å²) in [5.41, 5.74) is 1.61. The van der Waals surface area contributed by atoms with Crippen LogP contribution in [0, 0.1) is 5.82 Å². The van der Waals surface area contributed by atoms with Gasteiger partial charge in [0.05, 0.1) is 42.2 Å². The van der Waals surface area contributed by atoms with Crippen molar-refractivity contribution in [1.29, 1.82) is 0 Å². The number of aromatic amines is 1. The number of fused-ring (bicyclic) bond motifs is 1. The maximum Gasteiger partial charge on any atom is 0.333 e. The van der Waals surface area contributed by atoms with Crippen LogP contribution in [-0.4, -0.2) is 37.0 Å². The van der Waals surface area contributed by atoms with Crippen molar-refractivity contribution in [2.75, 3.05) is 13.4 Å². The molecule has 0 atom stereocenters. The van der Waals surface area contributed by atoms with Crippen molar-refractivity contribution in [3.05, 3.63) is 92.7 Å². The molecule has 4 aromatic rings. The van der Waals surface area contributed by atoms with Crippen LogP contribution in [0.1, 0.15) is 17.5 Å². The summed E-state index contributed by atoms with van der Waals surface area (Å²) in [6, 6.07) is 11.1. The average Bonchev–Trinajstić information content (AvgIpc) is 3.52. The van der Waals surface area contributed by atoms with Gasteiger partial charge in [-0.3, -0.25) is 14.3 Å². The molecule has 5 rings (SSSR count). The van der Waals surface area contributed by atoms with Crippen molar-refractivity contribution in [2.45, 2.75) is 12.8 Å². The fourth-order valence-electron chi connectivity index (χ4n) is 4.37. The van der Waals surface area contributed by atoms with Gasteiger partial charge >= 0.3 is 5.69 Å². The lowest BCUT2D eigenvalue weighted by Gasteiger charge is -2.18. The van der Waals surface area contributed by atoms with Crippen molar-refractivity contribution in [3.8, 4) is 33.9 Å². The number of furan rings is 1. The van der Waals surface area contributed by atoms with E-state index < -0.39 is 27.1 Å². The second-order valence-corrected chi connectivity index (χ2v) is 10.1. The number of benzene rings is 2. The number of sulfonamides is 1. The lowest BCUT2D eigenvalue weighted by molar-refractivity contribution is 0.413. The number of nitrogens with zero attached hydrogens (tertiary/aromatic N) is 2. The fraction of sp³-hybridized carbons (Fsp3) is 0.160. The highest BCUT2D eigenvalue weighted by molar-refractivity contribution is 7.88. The van der Waals surface area contributed by atoms with E-state index >= 15 is 4.39 Å². The fourth-order valence-corrected chi connectivity index (χ4v) is 4.65. The summed E-state index contributed by atoms with van der Waals surface area (Å²) in [4.78, 5) is 28.4. The molecular formula is C25H21FN4O6S. The third-order valence-corrected chi connectivity index (χ3v) is 6.38. The molecule has 2 aromatic heterocycles. The number of hydrogen-bond acceptors (Lipinski definition) is 7. The number of aryl methyl sites for hydroxylation is 1. The number of halogens is 1.